The molecule has 0 bridgehead atoms. The summed E-state index contributed by atoms with van der Waals surface area (Å²) in [5.41, 5.74) is 0. The highest BCUT2D eigenvalue weighted by Crippen LogP contribution is 2.44. The van der Waals surface area contributed by atoms with E-state index in [1.54, 1.807) is 7.11 Å². The number of rotatable bonds is 1. The molecule has 1 aliphatic carbocycles. The van der Waals surface area contributed by atoms with Gasteiger partial charge in [0.25, 0.3) is 0 Å². The van der Waals surface area contributed by atoms with Crippen LogP contribution in [-0.2, 0) is 4.74 Å². The van der Waals surface area contributed by atoms with Crippen molar-refractivity contribution in [2.24, 2.45) is 11.8 Å². The van der Waals surface area contributed by atoms with Gasteiger partial charge in [-0.05, 0) is 38.4 Å². The van der Waals surface area contributed by atoms with Crippen molar-refractivity contribution in [3.8, 4) is 0 Å². The van der Waals surface area contributed by atoms with Crippen LogP contribution in [0.4, 0.5) is 0 Å². The van der Waals surface area contributed by atoms with Crippen molar-refractivity contribution < 1.29 is 9.84 Å². The number of hydrogen-bond donors (Lipinski definition) is 1. The summed E-state index contributed by atoms with van der Waals surface area (Å²) in [5.74, 6) is 2.02. The number of ether oxygens (including phenoxy) is 1. The van der Waals surface area contributed by atoms with Gasteiger partial charge in [-0.25, -0.2) is 0 Å². The summed E-state index contributed by atoms with van der Waals surface area (Å²) < 4.78 is 5.43. The summed E-state index contributed by atoms with van der Waals surface area (Å²) in [7, 11) is 1.73. The van der Waals surface area contributed by atoms with Gasteiger partial charge >= 0.3 is 0 Å². The van der Waals surface area contributed by atoms with Gasteiger partial charge in [0, 0.05) is 17.9 Å². The Morgan fingerprint density at radius 3 is 3.07 bits per heavy atom. The monoisotopic (exact) mass is 209 g/mol. The van der Waals surface area contributed by atoms with Crippen molar-refractivity contribution in [3.05, 3.63) is 11.8 Å². The molecule has 3 heteroatoms. The van der Waals surface area contributed by atoms with Gasteiger partial charge in [-0.1, -0.05) is 0 Å². The van der Waals surface area contributed by atoms with Crippen molar-refractivity contribution in [3.63, 3.8) is 0 Å². The standard InChI is InChI=1S/C12H19NO2/c1-15-11-7-10(14)8-4-6-13-5-2-3-9(11)12(8)13/h7-10,12,14H,2-6H2,1H3/t8-,9-,10-,12-/m0/s1. The van der Waals surface area contributed by atoms with Crippen LogP contribution >= 0.6 is 0 Å². The molecule has 3 nitrogen and oxygen atoms in total. The third-order valence-electron chi connectivity index (χ3n) is 4.36. The molecule has 15 heavy (non-hydrogen) atoms. The fraction of sp³-hybridized carbons (Fsp3) is 0.833. The van der Waals surface area contributed by atoms with Crippen LogP contribution in [-0.4, -0.2) is 42.4 Å². The molecule has 0 saturated carbocycles. The summed E-state index contributed by atoms with van der Waals surface area (Å²) >= 11 is 0. The third-order valence-corrected chi connectivity index (χ3v) is 4.36. The number of hydrogen-bond acceptors (Lipinski definition) is 3. The lowest BCUT2D eigenvalue weighted by molar-refractivity contribution is 0.0287. The first-order valence-corrected chi connectivity index (χ1v) is 5.99. The molecule has 2 saturated heterocycles. The van der Waals surface area contributed by atoms with Crippen molar-refractivity contribution >= 4 is 0 Å². The molecular formula is C12H19NO2. The largest absolute Gasteiger partial charge is 0.501 e. The van der Waals surface area contributed by atoms with Crippen LogP contribution in [0.5, 0.6) is 0 Å². The van der Waals surface area contributed by atoms with Crippen LogP contribution in [0.2, 0.25) is 0 Å². The Balaban J connectivity index is 1.95. The molecule has 0 radical (unpaired) electrons. The fourth-order valence-electron chi connectivity index (χ4n) is 3.72. The number of nitrogens with zero attached hydrogens (tertiary/aromatic N) is 1. The second-order valence-corrected chi connectivity index (χ2v) is 4.99. The van der Waals surface area contributed by atoms with E-state index in [2.05, 4.69) is 4.90 Å². The van der Waals surface area contributed by atoms with E-state index in [9.17, 15) is 5.11 Å². The van der Waals surface area contributed by atoms with E-state index >= 15 is 0 Å². The molecule has 1 N–H and O–H groups in total. The quantitative estimate of drug-likeness (QED) is 0.699. The van der Waals surface area contributed by atoms with Gasteiger partial charge in [0.05, 0.1) is 19.0 Å². The molecule has 84 valence electrons. The van der Waals surface area contributed by atoms with Crippen molar-refractivity contribution in [1.29, 1.82) is 0 Å². The van der Waals surface area contributed by atoms with Gasteiger partial charge in [-0.3, -0.25) is 4.90 Å². The molecular weight excluding hydrogens is 190 g/mol. The molecule has 3 rings (SSSR count). The molecule has 2 fully saturated rings. The Morgan fingerprint density at radius 2 is 2.27 bits per heavy atom. The summed E-state index contributed by atoms with van der Waals surface area (Å²) in [5, 5.41) is 10.1. The van der Waals surface area contributed by atoms with Crippen LogP contribution in [0.15, 0.2) is 11.8 Å². The van der Waals surface area contributed by atoms with Crippen molar-refractivity contribution in [2.75, 3.05) is 20.2 Å². The Morgan fingerprint density at radius 1 is 1.40 bits per heavy atom. The fourth-order valence-corrected chi connectivity index (χ4v) is 3.72. The first kappa shape index (κ1) is 9.67. The summed E-state index contributed by atoms with van der Waals surface area (Å²) in [6, 6.07) is 0.550. The molecule has 0 unspecified atom stereocenters. The average Bonchev–Trinajstić information content (AvgIpc) is 2.69. The molecule has 0 amide bonds. The van der Waals surface area contributed by atoms with Crippen molar-refractivity contribution in [1.82, 2.24) is 4.90 Å². The average molecular weight is 209 g/mol. The van der Waals surface area contributed by atoms with Crippen LogP contribution in [0.1, 0.15) is 19.3 Å². The maximum absolute atomic E-state index is 10.1. The zero-order valence-corrected chi connectivity index (χ0v) is 9.22. The number of aliphatic hydroxyl groups excluding tert-OH is 1. The Kier molecular flexibility index (Phi) is 2.25. The highest BCUT2D eigenvalue weighted by molar-refractivity contribution is 5.17. The Bertz CT molecular complexity index is 289. The minimum Gasteiger partial charge on any atom is -0.501 e. The van der Waals surface area contributed by atoms with Gasteiger partial charge in [-0.2, -0.15) is 0 Å². The smallest absolute Gasteiger partial charge is 0.0988 e. The molecule has 2 heterocycles. The summed E-state index contributed by atoms with van der Waals surface area (Å²) in [6.45, 7) is 2.37. The Hall–Kier alpha value is -0.540. The molecule has 0 spiro atoms. The zero-order chi connectivity index (χ0) is 10.4. The van der Waals surface area contributed by atoms with E-state index in [1.165, 1.54) is 19.4 Å². The lowest BCUT2D eigenvalue weighted by Crippen LogP contribution is -2.49. The zero-order valence-electron chi connectivity index (χ0n) is 9.22. The van der Waals surface area contributed by atoms with Crippen molar-refractivity contribution in [2.45, 2.75) is 31.4 Å². The van der Waals surface area contributed by atoms with Gasteiger partial charge < -0.3 is 9.84 Å². The number of methoxy groups -OCH3 is 1. The maximum atomic E-state index is 10.1. The van der Waals surface area contributed by atoms with E-state index in [0.29, 0.717) is 17.9 Å². The molecule has 4 atom stereocenters. The number of piperidine rings is 1. The third kappa shape index (κ3) is 1.33. The topological polar surface area (TPSA) is 32.7 Å². The highest BCUT2D eigenvalue weighted by Gasteiger charge is 2.48. The maximum Gasteiger partial charge on any atom is 0.0988 e. The molecule has 0 aromatic carbocycles. The van der Waals surface area contributed by atoms with Gasteiger partial charge in [0.1, 0.15) is 0 Å². The lowest BCUT2D eigenvalue weighted by Gasteiger charge is -2.43. The van der Waals surface area contributed by atoms with Crippen LogP contribution < -0.4 is 0 Å². The van der Waals surface area contributed by atoms with E-state index in [4.69, 9.17) is 4.74 Å². The SMILES string of the molecule is COC1=C[C@H](O)[C@@H]2CCN3CCC[C@@H]1[C@H]23. The summed E-state index contributed by atoms with van der Waals surface area (Å²) in [4.78, 5) is 2.55. The van der Waals surface area contributed by atoms with Gasteiger partial charge in [0.2, 0.25) is 0 Å². The first-order valence-electron chi connectivity index (χ1n) is 5.99. The first-order chi connectivity index (χ1) is 7.31. The van der Waals surface area contributed by atoms with Gasteiger partial charge in [-0.15, -0.1) is 0 Å². The van der Waals surface area contributed by atoms with Crippen LogP contribution in [0.25, 0.3) is 0 Å². The van der Waals surface area contributed by atoms with Crippen LogP contribution in [0.3, 0.4) is 0 Å². The van der Waals surface area contributed by atoms with E-state index in [0.717, 1.165) is 18.7 Å². The highest BCUT2D eigenvalue weighted by atomic mass is 16.5. The van der Waals surface area contributed by atoms with E-state index in [1.807, 2.05) is 6.08 Å². The second kappa shape index (κ2) is 3.49. The Labute approximate surface area is 90.7 Å². The minimum absolute atomic E-state index is 0.288. The van der Waals surface area contributed by atoms with E-state index < -0.39 is 0 Å². The predicted octanol–water partition coefficient (Wildman–Crippen LogP) is 0.992. The molecule has 3 aliphatic rings. The van der Waals surface area contributed by atoms with Gasteiger partial charge in [0.15, 0.2) is 0 Å². The summed E-state index contributed by atoms with van der Waals surface area (Å²) in [6.07, 6.45) is 5.30. The second-order valence-electron chi connectivity index (χ2n) is 4.99. The normalized spacial score (nSPS) is 44.8. The molecule has 2 aliphatic heterocycles. The molecule has 0 aromatic heterocycles. The number of aliphatic hydroxyl groups is 1. The molecule has 0 aromatic rings. The van der Waals surface area contributed by atoms with E-state index in [-0.39, 0.29) is 6.10 Å². The predicted molar refractivity (Wildman–Crippen MR) is 57.3 cm³/mol. The minimum atomic E-state index is -0.288. The van der Waals surface area contributed by atoms with Crippen LogP contribution in [0, 0.1) is 11.8 Å². The lowest BCUT2D eigenvalue weighted by atomic mass is 9.75.